The van der Waals surface area contributed by atoms with Crippen LogP contribution in [0.3, 0.4) is 0 Å². The van der Waals surface area contributed by atoms with Crippen LogP contribution in [0.2, 0.25) is 0 Å². The lowest BCUT2D eigenvalue weighted by Gasteiger charge is -2.26. The second kappa shape index (κ2) is 5.90. The average Bonchev–Trinajstić information content (AvgIpc) is 2.38. The Bertz CT molecular complexity index is 460. The van der Waals surface area contributed by atoms with Crippen LogP contribution in [0.4, 0.5) is 8.78 Å². The lowest BCUT2D eigenvalue weighted by atomic mass is 9.79. The van der Waals surface area contributed by atoms with E-state index in [4.69, 9.17) is 5.11 Å². The molecule has 0 aromatic heterocycles. The van der Waals surface area contributed by atoms with Gasteiger partial charge in [0.25, 0.3) is 5.92 Å². The van der Waals surface area contributed by atoms with Gasteiger partial charge in [-0.15, -0.1) is 0 Å². The third kappa shape index (κ3) is 3.56. The van der Waals surface area contributed by atoms with Crippen molar-refractivity contribution in [2.75, 3.05) is 0 Å². The van der Waals surface area contributed by atoms with Crippen molar-refractivity contribution in [3.63, 3.8) is 0 Å². The van der Waals surface area contributed by atoms with Gasteiger partial charge in [0.2, 0.25) is 0 Å². The molecule has 1 aliphatic rings. The molecule has 0 amide bonds. The number of aliphatic carboxylic acids is 1. The van der Waals surface area contributed by atoms with Gasteiger partial charge in [-0.25, -0.2) is 8.78 Å². The molecule has 0 saturated heterocycles. The van der Waals surface area contributed by atoms with Crippen molar-refractivity contribution in [2.45, 2.75) is 50.9 Å². The zero-order chi connectivity index (χ0) is 14.8. The minimum Gasteiger partial charge on any atom is -0.481 e. The van der Waals surface area contributed by atoms with Gasteiger partial charge in [0.15, 0.2) is 0 Å². The molecule has 0 bridgehead atoms. The van der Waals surface area contributed by atoms with Crippen molar-refractivity contribution < 1.29 is 18.7 Å². The van der Waals surface area contributed by atoms with Gasteiger partial charge in [0.05, 0.1) is 0 Å². The van der Waals surface area contributed by atoms with Gasteiger partial charge in [-0.1, -0.05) is 44.0 Å². The summed E-state index contributed by atoms with van der Waals surface area (Å²) in [5.74, 6) is -3.58. The number of carbonyl (C=O) groups is 1. The summed E-state index contributed by atoms with van der Waals surface area (Å²) in [7, 11) is 0. The zero-order valence-electron chi connectivity index (χ0n) is 11.6. The van der Waals surface area contributed by atoms with Crippen molar-refractivity contribution in [3.8, 4) is 0 Å². The Morgan fingerprint density at radius 1 is 1.20 bits per heavy atom. The number of carboxylic acids is 1. The summed E-state index contributed by atoms with van der Waals surface area (Å²) in [4.78, 5) is 10.5. The van der Waals surface area contributed by atoms with Crippen molar-refractivity contribution in [2.24, 2.45) is 5.92 Å². The highest BCUT2D eigenvalue weighted by Gasteiger charge is 2.34. The number of rotatable bonds is 4. The fraction of sp³-hybridized carbons (Fsp3) is 0.562. The monoisotopic (exact) mass is 282 g/mol. The molecule has 1 N–H and O–H groups in total. The first-order chi connectivity index (χ1) is 9.38. The number of carboxylic acid groups (broad SMARTS) is 1. The first kappa shape index (κ1) is 14.9. The molecule has 0 unspecified atom stereocenters. The summed E-state index contributed by atoms with van der Waals surface area (Å²) in [6, 6.07) is 6.20. The third-order valence-electron chi connectivity index (χ3n) is 4.19. The zero-order valence-corrected chi connectivity index (χ0v) is 11.6. The van der Waals surface area contributed by atoms with Crippen LogP contribution >= 0.6 is 0 Å². The second-order valence-corrected chi connectivity index (χ2v) is 5.85. The third-order valence-corrected chi connectivity index (χ3v) is 4.19. The Labute approximate surface area is 117 Å². The molecule has 2 rings (SSSR count). The molecule has 0 spiro atoms. The molecule has 1 aliphatic carbocycles. The Morgan fingerprint density at radius 2 is 1.75 bits per heavy atom. The summed E-state index contributed by atoms with van der Waals surface area (Å²) in [5, 5.41) is 8.51. The van der Waals surface area contributed by atoms with Crippen LogP contribution < -0.4 is 0 Å². The maximum Gasteiger partial charge on any atom is 0.309 e. The number of alkyl halides is 2. The molecule has 0 radical (unpaired) electrons. The Balaban J connectivity index is 2.08. The van der Waals surface area contributed by atoms with E-state index in [1.165, 1.54) is 25.0 Å². The lowest BCUT2D eigenvalue weighted by molar-refractivity contribution is -0.145. The van der Waals surface area contributed by atoms with Crippen molar-refractivity contribution in [3.05, 3.63) is 35.4 Å². The molecule has 0 aliphatic heterocycles. The molecule has 110 valence electrons. The predicted molar refractivity (Wildman–Crippen MR) is 73.0 cm³/mol. The van der Waals surface area contributed by atoms with E-state index in [2.05, 4.69) is 6.92 Å². The molecule has 2 nitrogen and oxygen atoms in total. The van der Waals surface area contributed by atoms with E-state index >= 15 is 0 Å². The fourth-order valence-corrected chi connectivity index (χ4v) is 2.88. The minimum atomic E-state index is -3.30. The van der Waals surface area contributed by atoms with E-state index < -0.39 is 18.3 Å². The van der Waals surface area contributed by atoms with Gasteiger partial charge in [-0.05, 0) is 30.2 Å². The van der Waals surface area contributed by atoms with E-state index in [1.54, 1.807) is 12.1 Å². The Hall–Kier alpha value is -1.45. The van der Waals surface area contributed by atoms with Crippen LogP contribution in [-0.2, 0) is 10.7 Å². The van der Waals surface area contributed by atoms with Gasteiger partial charge in [-0.2, -0.15) is 0 Å². The van der Waals surface area contributed by atoms with Gasteiger partial charge in [0.1, 0.15) is 6.42 Å². The van der Waals surface area contributed by atoms with Crippen LogP contribution in [-0.4, -0.2) is 11.1 Å². The normalized spacial score (nSPS) is 23.6. The van der Waals surface area contributed by atoms with Gasteiger partial charge >= 0.3 is 5.97 Å². The maximum atomic E-state index is 13.7. The summed E-state index contributed by atoms with van der Waals surface area (Å²) >= 11 is 0. The molecule has 4 heteroatoms. The molecule has 0 heterocycles. The van der Waals surface area contributed by atoms with E-state index in [1.807, 2.05) is 0 Å². The fourth-order valence-electron chi connectivity index (χ4n) is 2.88. The Kier molecular flexibility index (Phi) is 4.41. The topological polar surface area (TPSA) is 37.3 Å². The van der Waals surface area contributed by atoms with Crippen LogP contribution in [0.5, 0.6) is 0 Å². The second-order valence-electron chi connectivity index (χ2n) is 5.85. The highest BCUT2D eigenvalue weighted by atomic mass is 19.3. The number of hydrogen-bond acceptors (Lipinski definition) is 1. The highest BCUT2D eigenvalue weighted by molar-refractivity contribution is 5.68. The number of hydrogen-bond donors (Lipinski definition) is 1. The van der Waals surface area contributed by atoms with Crippen LogP contribution in [0.1, 0.15) is 56.1 Å². The largest absolute Gasteiger partial charge is 0.481 e. The van der Waals surface area contributed by atoms with Crippen molar-refractivity contribution >= 4 is 5.97 Å². The van der Waals surface area contributed by atoms with Gasteiger partial charge in [0, 0.05) is 5.56 Å². The summed E-state index contributed by atoms with van der Waals surface area (Å²) in [6.07, 6.45) is 3.41. The standard InChI is InChI=1S/C16H20F2O2/c1-11-2-4-12(5-3-11)13-6-8-14(9-7-13)16(17,18)10-15(19)20/h6-9,11-12H,2-5,10H2,1H3,(H,19,20). The SMILES string of the molecule is CC1CCC(c2ccc(C(F)(F)CC(=O)O)cc2)CC1. The van der Waals surface area contributed by atoms with E-state index in [0.29, 0.717) is 5.92 Å². The number of benzene rings is 1. The molecule has 20 heavy (non-hydrogen) atoms. The smallest absolute Gasteiger partial charge is 0.309 e. The van der Waals surface area contributed by atoms with E-state index in [0.717, 1.165) is 24.3 Å². The quantitative estimate of drug-likeness (QED) is 0.879. The van der Waals surface area contributed by atoms with E-state index in [-0.39, 0.29) is 5.56 Å². The molecule has 1 fully saturated rings. The van der Waals surface area contributed by atoms with Gasteiger partial charge < -0.3 is 5.11 Å². The summed E-state index contributed by atoms with van der Waals surface area (Å²) in [5.41, 5.74) is 0.875. The van der Waals surface area contributed by atoms with Gasteiger partial charge in [-0.3, -0.25) is 4.79 Å². The summed E-state index contributed by atoms with van der Waals surface area (Å²) < 4.78 is 27.3. The van der Waals surface area contributed by atoms with Crippen LogP contribution in [0, 0.1) is 5.92 Å². The maximum absolute atomic E-state index is 13.7. The summed E-state index contributed by atoms with van der Waals surface area (Å²) in [6.45, 7) is 2.24. The molecule has 1 aromatic carbocycles. The number of halogens is 2. The first-order valence-electron chi connectivity index (χ1n) is 7.08. The van der Waals surface area contributed by atoms with Crippen LogP contribution in [0.25, 0.3) is 0 Å². The molecule has 1 saturated carbocycles. The first-order valence-corrected chi connectivity index (χ1v) is 7.08. The molecular formula is C16H20F2O2. The molecule has 1 aromatic rings. The van der Waals surface area contributed by atoms with Crippen molar-refractivity contribution in [1.82, 2.24) is 0 Å². The highest BCUT2D eigenvalue weighted by Crippen LogP contribution is 2.37. The molecule has 0 atom stereocenters. The van der Waals surface area contributed by atoms with Crippen molar-refractivity contribution in [1.29, 1.82) is 0 Å². The molecular weight excluding hydrogens is 262 g/mol. The lowest BCUT2D eigenvalue weighted by Crippen LogP contribution is -2.18. The van der Waals surface area contributed by atoms with E-state index in [9.17, 15) is 13.6 Å². The van der Waals surface area contributed by atoms with Crippen LogP contribution in [0.15, 0.2) is 24.3 Å². The minimum absolute atomic E-state index is 0.215. The average molecular weight is 282 g/mol. The predicted octanol–water partition coefficient (Wildman–Crippen LogP) is 4.55. The Morgan fingerprint density at radius 3 is 2.25 bits per heavy atom.